The van der Waals surface area contributed by atoms with Gasteiger partial charge in [0.05, 0.1) is 77.1 Å². The maximum atomic E-state index is 12.9. The second-order valence-corrected chi connectivity index (χ2v) is 56.6. The molecule has 0 bridgehead atoms. The van der Waals surface area contributed by atoms with Gasteiger partial charge in [0.2, 0.25) is 0 Å². The lowest BCUT2D eigenvalue weighted by Crippen LogP contribution is -2.77. The highest BCUT2D eigenvalue weighted by Gasteiger charge is 2.69. The van der Waals surface area contributed by atoms with E-state index in [9.17, 15) is 19.2 Å². The molecule has 0 aliphatic rings. The second kappa shape index (κ2) is 48.7. The molecule has 0 atom stereocenters. The zero-order chi connectivity index (χ0) is 83.8. The highest BCUT2D eigenvalue weighted by molar-refractivity contribution is 7.30. The van der Waals surface area contributed by atoms with Crippen molar-refractivity contribution < 1.29 is 76.0 Å². The van der Waals surface area contributed by atoms with Gasteiger partial charge in [-0.1, -0.05) is 205 Å². The molecule has 0 radical (unpaired) electrons. The Labute approximate surface area is 702 Å². The summed E-state index contributed by atoms with van der Waals surface area (Å²) in [5.74, 6) is 6.01. The summed E-state index contributed by atoms with van der Waals surface area (Å²) in [4.78, 5) is 51.6. The number of carbonyl (C=O) groups excluding carboxylic acids is 4. The lowest BCUT2D eigenvalue weighted by Gasteiger charge is -2.69. The van der Waals surface area contributed by atoms with Crippen molar-refractivity contribution in [1.29, 1.82) is 0 Å². The van der Waals surface area contributed by atoms with E-state index in [1.807, 2.05) is 48.5 Å². The van der Waals surface area contributed by atoms with Gasteiger partial charge in [0.1, 0.15) is 69.0 Å². The third-order valence-electron chi connectivity index (χ3n) is 23.4. The maximum absolute atomic E-state index is 12.9. The van der Waals surface area contributed by atoms with Crippen LogP contribution in [0.3, 0.4) is 0 Å². The van der Waals surface area contributed by atoms with Crippen molar-refractivity contribution in [3.8, 4) is 69.0 Å². The van der Waals surface area contributed by atoms with Crippen LogP contribution in [0.1, 0.15) is 196 Å². The summed E-state index contributed by atoms with van der Waals surface area (Å²) in [6, 6.07) is 62.4. The number of hydrogen-bond donors (Lipinski definition) is 0. The minimum Gasteiger partial charge on any atom is -0.497 e. The minimum absolute atomic E-state index is 0.414. The second-order valence-electron chi connectivity index (χ2n) is 33.5. The van der Waals surface area contributed by atoms with E-state index in [4.69, 9.17) is 56.8 Å². The van der Waals surface area contributed by atoms with E-state index >= 15 is 0 Å². The zero-order valence-corrected chi connectivity index (χ0v) is 76.1. The Morgan fingerprint density at radius 1 is 0.205 bits per heavy atom. The molecule has 0 amide bonds. The molecule has 0 saturated carbocycles. The molecule has 0 aliphatic carbocycles. The lowest BCUT2D eigenvalue weighted by molar-refractivity contribution is 0.0725. The molecule has 8 aromatic rings. The molecule has 0 unspecified atom stereocenters. The van der Waals surface area contributed by atoms with Crippen LogP contribution in [0.25, 0.3) is 0 Å². The van der Waals surface area contributed by atoms with E-state index in [2.05, 4.69) is 52.4 Å². The van der Waals surface area contributed by atoms with Gasteiger partial charge in [-0.05, 0) is 224 Å². The van der Waals surface area contributed by atoms with Crippen molar-refractivity contribution in [1.82, 2.24) is 0 Å². The molecular weight excluding hydrogens is 1530 g/mol. The van der Waals surface area contributed by atoms with Gasteiger partial charge in [0, 0.05) is 32.3 Å². The molecule has 0 aliphatic heterocycles. The van der Waals surface area contributed by atoms with E-state index in [-0.39, 0.29) is 0 Å². The van der Waals surface area contributed by atoms with Gasteiger partial charge in [-0.25, -0.2) is 19.2 Å². The summed E-state index contributed by atoms with van der Waals surface area (Å²) in [5.41, 5.74) is 1.88. The first-order valence-corrected chi connectivity index (χ1v) is 55.7. The first-order valence-electron chi connectivity index (χ1n) is 42.9. The topological polar surface area (TPSA) is 179 Å². The maximum Gasteiger partial charge on any atom is 0.343 e. The normalized spacial score (nSPS) is 11.8. The summed E-state index contributed by atoms with van der Waals surface area (Å²) in [6.07, 6.45) is 28.5. The number of methoxy groups -OCH3 is 4. The van der Waals surface area contributed by atoms with Gasteiger partial charge in [-0.15, -0.1) is 0 Å². The summed E-state index contributed by atoms with van der Waals surface area (Å²) in [7, 11) is -1.47. The van der Waals surface area contributed by atoms with Crippen molar-refractivity contribution in [3.05, 3.63) is 216 Å². The van der Waals surface area contributed by atoms with E-state index in [1.165, 1.54) is 127 Å². The average Bonchev–Trinajstić information content (AvgIpc) is 0.686. The van der Waals surface area contributed by atoms with E-state index < -0.39 is 56.2 Å². The minimum atomic E-state index is -1.97. The fourth-order valence-electron chi connectivity index (χ4n) is 18.5. The van der Waals surface area contributed by atoms with Gasteiger partial charge in [-0.2, -0.15) is 0 Å². The quantitative estimate of drug-likeness (QED) is 0.0152. The molecule has 0 spiro atoms. The van der Waals surface area contributed by atoms with Crippen LogP contribution in [0.2, 0.25) is 80.5 Å². The standard InChI is InChI=1S/C97H132O16Si4/c1-102-81-53-61-89(62-54-81)110-93(98)77-37-45-85(46-38-77)106-69-29-21-13-17-25-33-73-114(5,6)97(115(7,8)74-34-26-18-14-22-30-70-107-86-47-39-78(40-48-86)94(99)111-90-63-55-82(103-2)56-64-90,116(9,10)75-35-27-19-15-23-31-71-108-87-49-41-79(42-50-87)95(100)112-91-65-57-83(104-3)58-66-91)117(11,12)76-36-28-20-16-24-32-72-109-88-51-43-80(44-52-88)96(101)113-92-67-59-84(105-4)60-68-92/h37-68H,13-36,69-76H2,1-12H3. The Bertz CT molecular complexity index is 3640. The Balaban J connectivity index is 0.868. The van der Waals surface area contributed by atoms with Gasteiger partial charge >= 0.3 is 23.9 Å². The molecule has 0 fully saturated rings. The number of unbranched alkanes of at least 4 members (excludes halogenated alkanes) is 20. The predicted octanol–water partition coefficient (Wildman–Crippen LogP) is 25.8. The monoisotopic (exact) mass is 1660 g/mol. The summed E-state index contributed by atoms with van der Waals surface area (Å²) in [5, 5.41) is 0. The van der Waals surface area contributed by atoms with Crippen molar-refractivity contribution >= 4 is 56.2 Å². The number of carbonyl (C=O) groups is 4. The average molecular weight is 1670 g/mol. The molecule has 0 heterocycles. The van der Waals surface area contributed by atoms with E-state index in [0.29, 0.717) is 98.6 Å². The SMILES string of the molecule is COc1ccc(OC(=O)c2ccc(OCCCCCCCC[Si](C)(C)C([Si](C)(C)CCCCCCCCOc3ccc(C(=O)Oc4ccc(OC)cc4)cc3)([Si](C)(C)CCCCCCCCOc3ccc(C(=O)Oc4ccc(OC)cc4)cc3)[Si](C)(C)CCCCCCCCOc3ccc(C(=O)Oc4ccc(OC)cc4)cc3)cc2)cc1. The van der Waals surface area contributed by atoms with Crippen LogP contribution in [0.15, 0.2) is 194 Å². The van der Waals surface area contributed by atoms with Gasteiger partial charge < -0.3 is 56.8 Å². The zero-order valence-electron chi connectivity index (χ0n) is 72.1. The molecule has 632 valence electrons. The first-order chi connectivity index (χ1) is 56.5. The third-order valence-corrected chi connectivity index (χ3v) is 62.3. The number of rotatable bonds is 56. The van der Waals surface area contributed by atoms with Crippen LogP contribution in [-0.2, 0) is 0 Å². The van der Waals surface area contributed by atoms with Crippen molar-refractivity contribution in [3.63, 3.8) is 0 Å². The predicted molar refractivity (Wildman–Crippen MR) is 482 cm³/mol. The molecular formula is C97H132O16Si4. The van der Waals surface area contributed by atoms with Crippen LogP contribution >= 0.6 is 0 Å². The summed E-state index contributed by atoms with van der Waals surface area (Å²) < 4.78 is 68.5. The molecule has 8 rings (SSSR count). The first kappa shape index (κ1) is 93.4. The largest absolute Gasteiger partial charge is 0.497 e. The molecule has 117 heavy (non-hydrogen) atoms. The fourth-order valence-corrected chi connectivity index (χ4v) is 73.0. The Kier molecular flexibility index (Phi) is 38.9. The number of esters is 4. The molecule has 0 saturated heterocycles. The van der Waals surface area contributed by atoms with Crippen LogP contribution in [0.4, 0.5) is 0 Å². The molecule has 8 aromatic carbocycles. The molecule has 16 nitrogen and oxygen atoms in total. The third kappa shape index (κ3) is 29.7. The van der Waals surface area contributed by atoms with Crippen LogP contribution in [0, 0.1) is 0 Å². The van der Waals surface area contributed by atoms with E-state index in [0.717, 1.165) is 74.4 Å². The molecule has 20 heteroatoms. The van der Waals surface area contributed by atoms with Crippen LogP contribution in [-0.4, -0.2) is 111 Å². The highest BCUT2D eigenvalue weighted by Crippen LogP contribution is 2.65. The Morgan fingerprint density at radius 2 is 0.350 bits per heavy atom. The summed E-state index contributed by atoms with van der Waals surface area (Å²) >= 11 is 0. The lowest BCUT2D eigenvalue weighted by atomic mass is 10.1. The van der Waals surface area contributed by atoms with E-state index in [1.54, 1.807) is 174 Å². The smallest absolute Gasteiger partial charge is 0.343 e. The van der Waals surface area contributed by atoms with Crippen molar-refractivity contribution in [2.24, 2.45) is 0 Å². The summed E-state index contributed by atoms with van der Waals surface area (Å²) in [6.45, 7) is 25.9. The Morgan fingerprint density at radius 3 is 0.521 bits per heavy atom. The fraction of sp³-hybridized carbons (Fsp3) is 0.464. The molecule has 0 aromatic heterocycles. The number of benzene rings is 8. The Hall–Kier alpha value is -9.09. The molecule has 0 N–H and O–H groups in total. The highest BCUT2D eigenvalue weighted by atomic mass is 28.5. The van der Waals surface area contributed by atoms with Crippen molar-refractivity contribution in [2.45, 2.75) is 235 Å². The number of ether oxygens (including phenoxy) is 12. The van der Waals surface area contributed by atoms with Crippen LogP contribution < -0.4 is 56.8 Å². The van der Waals surface area contributed by atoms with Gasteiger partial charge in [0.15, 0.2) is 0 Å². The van der Waals surface area contributed by atoms with Crippen molar-refractivity contribution in [2.75, 3.05) is 54.9 Å². The van der Waals surface area contributed by atoms with Gasteiger partial charge in [0.25, 0.3) is 0 Å². The van der Waals surface area contributed by atoms with Gasteiger partial charge in [-0.3, -0.25) is 0 Å². The number of hydrogen-bond acceptors (Lipinski definition) is 16. The van der Waals surface area contributed by atoms with Crippen LogP contribution in [0.5, 0.6) is 69.0 Å².